The van der Waals surface area contributed by atoms with Crippen LogP contribution in [-0.2, 0) is 6.42 Å². The van der Waals surface area contributed by atoms with Crippen molar-refractivity contribution in [2.24, 2.45) is 0 Å². The van der Waals surface area contributed by atoms with E-state index in [1.807, 2.05) is 42.5 Å². The van der Waals surface area contributed by atoms with Gasteiger partial charge in [0.05, 0.1) is 18.2 Å². The molecule has 0 saturated carbocycles. The Morgan fingerprint density at radius 1 is 1.15 bits per heavy atom. The average molecular weight is 361 g/mol. The minimum absolute atomic E-state index is 0.224. The van der Waals surface area contributed by atoms with E-state index in [1.165, 1.54) is 12.8 Å². The Morgan fingerprint density at radius 3 is 2.74 bits per heavy atom. The molecule has 0 amide bonds. The molecule has 1 saturated heterocycles. The van der Waals surface area contributed by atoms with E-state index in [1.54, 1.807) is 0 Å². The second-order valence-electron chi connectivity index (χ2n) is 7.10. The van der Waals surface area contributed by atoms with E-state index in [4.69, 9.17) is 9.68 Å². The first-order chi connectivity index (χ1) is 13.3. The van der Waals surface area contributed by atoms with Gasteiger partial charge in [0, 0.05) is 19.0 Å². The zero-order chi connectivity index (χ0) is 18.6. The van der Waals surface area contributed by atoms with E-state index in [0.717, 1.165) is 54.0 Å². The molecular formula is C22H23N3O2. The maximum atomic E-state index is 9.55. The molecule has 4 rings (SSSR count). The first-order valence-corrected chi connectivity index (χ1v) is 9.52. The largest absolute Gasteiger partial charge is 0.441 e. The Morgan fingerprint density at radius 2 is 1.96 bits per heavy atom. The number of hydrogen-bond donors (Lipinski definition) is 1. The van der Waals surface area contributed by atoms with Crippen molar-refractivity contribution in [1.82, 2.24) is 9.88 Å². The van der Waals surface area contributed by atoms with E-state index in [9.17, 15) is 5.11 Å². The van der Waals surface area contributed by atoms with E-state index in [0.29, 0.717) is 5.56 Å². The van der Waals surface area contributed by atoms with Crippen LogP contribution in [-0.4, -0.2) is 40.7 Å². The zero-order valence-electron chi connectivity index (χ0n) is 15.3. The SMILES string of the molecule is N#Cc1ccc(-c2ccc3nc(CCN4CCCCC4CO)oc3c2)cc1. The van der Waals surface area contributed by atoms with Gasteiger partial charge >= 0.3 is 0 Å². The summed E-state index contributed by atoms with van der Waals surface area (Å²) in [6.07, 6.45) is 4.20. The fourth-order valence-corrected chi connectivity index (χ4v) is 3.80. The van der Waals surface area contributed by atoms with Crippen molar-refractivity contribution in [3.63, 3.8) is 0 Å². The molecule has 0 aliphatic carbocycles. The number of piperidine rings is 1. The summed E-state index contributed by atoms with van der Waals surface area (Å²) in [6.45, 7) is 2.12. The molecule has 0 radical (unpaired) electrons. The predicted octanol–water partition coefficient (Wildman–Crippen LogP) is 3.76. The maximum Gasteiger partial charge on any atom is 0.196 e. The predicted molar refractivity (Wildman–Crippen MR) is 104 cm³/mol. The molecule has 1 aliphatic heterocycles. The summed E-state index contributed by atoms with van der Waals surface area (Å²) in [5, 5.41) is 18.5. The number of benzene rings is 2. The summed E-state index contributed by atoms with van der Waals surface area (Å²) >= 11 is 0. The van der Waals surface area contributed by atoms with Gasteiger partial charge in [-0.1, -0.05) is 24.6 Å². The van der Waals surface area contributed by atoms with Gasteiger partial charge in [0.25, 0.3) is 0 Å². The molecule has 1 atom stereocenters. The van der Waals surface area contributed by atoms with Gasteiger partial charge in [0.2, 0.25) is 0 Å². The highest BCUT2D eigenvalue weighted by Gasteiger charge is 2.21. The lowest BCUT2D eigenvalue weighted by Crippen LogP contribution is -2.42. The lowest BCUT2D eigenvalue weighted by atomic mass is 10.0. The molecule has 0 spiro atoms. The molecule has 1 fully saturated rings. The second-order valence-corrected chi connectivity index (χ2v) is 7.10. The number of aliphatic hydroxyl groups is 1. The van der Waals surface area contributed by atoms with Gasteiger partial charge in [-0.05, 0) is 54.8 Å². The van der Waals surface area contributed by atoms with Crippen LogP contribution in [0.1, 0.15) is 30.7 Å². The minimum atomic E-state index is 0.224. The standard InChI is InChI=1S/C22H23N3O2/c23-14-16-4-6-17(7-5-16)18-8-9-20-21(13-18)27-22(24-20)10-12-25-11-2-1-3-19(25)15-26/h4-9,13,19,26H,1-3,10-12,15H2. The third kappa shape index (κ3) is 3.87. The normalized spacial score (nSPS) is 17.9. The Hall–Kier alpha value is -2.68. The van der Waals surface area contributed by atoms with Crippen molar-refractivity contribution in [3.05, 3.63) is 53.9 Å². The molecule has 27 heavy (non-hydrogen) atoms. The van der Waals surface area contributed by atoms with Crippen molar-refractivity contribution < 1.29 is 9.52 Å². The minimum Gasteiger partial charge on any atom is -0.441 e. The Kier molecular flexibility index (Phi) is 5.19. The van der Waals surface area contributed by atoms with Gasteiger partial charge in [0.1, 0.15) is 5.52 Å². The number of nitrogens with zero attached hydrogens (tertiary/aromatic N) is 3. The fourth-order valence-electron chi connectivity index (χ4n) is 3.80. The monoisotopic (exact) mass is 361 g/mol. The summed E-state index contributed by atoms with van der Waals surface area (Å²) in [7, 11) is 0. The van der Waals surface area contributed by atoms with Crippen LogP contribution in [0.3, 0.4) is 0 Å². The zero-order valence-corrected chi connectivity index (χ0v) is 15.3. The van der Waals surface area contributed by atoms with Crippen molar-refractivity contribution >= 4 is 11.1 Å². The molecule has 0 bridgehead atoms. The summed E-state index contributed by atoms with van der Waals surface area (Å²) in [6, 6.07) is 16.0. The summed E-state index contributed by atoms with van der Waals surface area (Å²) < 4.78 is 5.98. The van der Waals surface area contributed by atoms with E-state index in [2.05, 4.69) is 16.0 Å². The number of hydrogen-bond acceptors (Lipinski definition) is 5. The second kappa shape index (κ2) is 7.91. The number of rotatable bonds is 5. The molecule has 1 aliphatic rings. The topological polar surface area (TPSA) is 73.3 Å². The molecule has 2 heterocycles. The van der Waals surface area contributed by atoms with Crippen LogP contribution in [0.2, 0.25) is 0 Å². The average Bonchev–Trinajstić information content (AvgIpc) is 3.14. The smallest absolute Gasteiger partial charge is 0.196 e. The van der Waals surface area contributed by atoms with Crippen LogP contribution in [0.5, 0.6) is 0 Å². The molecule has 138 valence electrons. The van der Waals surface area contributed by atoms with Gasteiger partial charge in [-0.2, -0.15) is 5.26 Å². The number of aromatic nitrogens is 1. The van der Waals surface area contributed by atoms with Crippen LogP contribution in [0, 0.1) is 11.3 Å². The van der Waals surface area contributed by atoms with Crippen LogP contribution in [0.4, 0.5) is 0 Å². The van der Waals surface area contributed by atoms with Gasteiger partial charge in [-0.3, -0.25) is 4.90 Å². The number of aliphatic hydroxyl groups excluding tert-OH is 1. The quantitative estimate of drug-likeness (QED) is 0.749. The Labute approximate surface area is 158 Å². The molecule has 1 N–H and O–H groups in total. The van der Waals surface area contributed by atoms with Crippen molar-refractivity contribution in [3.8, 4) is 17.2 Å². The molecule has 5 heteroatoms. The molecule has 1 unspecified atom stereocenters. The molecule has 1 aromatic heterocycles. The molecule has 2 aromatic carbocycles. The number of nitriles is 1. The number of likely N-dealkylation sites (tertiary alicyclic amines) is 1. The molecule has 5 nitrogen and oxygen atoms in total. The van der Waals surface area contributed by atoms with Crippen molar-refractivity contribution in [1.29, 1.82) is 5.26 Å². The maximum absolute atomic E-state index is 9.55. The van der Waals surface area contributed by atoms with Crippen LogP contribution < -0.4 is 0 Å². The third-order valence-corrected chi connectivity index (χ3v) is 5.35. The van der Waals surface area contributed by atoms with Gasteiger partial charge in [0.15, 0.2) is 11.5 Å². The Balaban J connectivity index is 1.49. The summed E-state index contributed by atoms with van der Waals surface area (Å²) in [5.74, 6) is 0.740. The lowest BCUT2D eigenvalue weighted by molar-refractivity contribution is 0.0899. The van der Waals surface area contributed by atoms with E-state index < -0.39 is 0 Å². The number of oxazole rings is 1. The summed E-state index contributed by atoms with van der Waals surface area (Å²) in [4.78, 5) is 6.96. The van der Waals surface area contributed by atoms with Crippen LogP contribution >= 0.6 is 0 Å². The first kappa shape index (κ1) is 17.7. The van der Waals surface area contributed by atoms with Crippen molar-refractivity contribution in [2.75, 3.05) is 19.7 Å². The third-order valence-electron chi connectivity index (χ3n) is 5.35. The van der Waals surface area contributed by atoms with E-state index in [-0.39, 0.29) is 12.6 Å². The molecule has 3 aromatic rings. The van der Waals surface area contributed by atoms with Gasteiger partial charge < -0.3 is 9.52 Å². The van der Waals surface area contributed by atoms with Crippen LogP contribution in [0.25, 0.3) is 22.2 Å². The highest BCUT2D eigenvalue weighted by molar-refractivity contribution is 5.80. The number of fused-ring (bicyclic) bond motifs is 1. The molecular weight excluding hydrogens is 338 g/mol. The fraction of sp³-hybridized carbons (Fsp3) is 0.364. The highest BCUT2D eigenvalue weighted by atomic mass is 16.3. The van der Waals surface area contributed by atoms with Gasteiger partial charge in [-0.25, -0.2) is 4.98 Å². The van der Waals surface area contributed by atoms with Gasteiger partial charge in [-0.15, -0.1) is 0 Å². The lowest BCUT2D eigenvalue weighted by Gasteiger charge is -2.34. The van der Waals surface area contributed by atoms with Crippen molar-refractivity contribution in [2.45, 2.75) is 31.7 Å². The highest BCUT2D eigenvalue weighted by Crippen LogP contribution is 2.26. The Bertz CT molecular complexity index is 956. The first-order valence-electron chi connectivity index (χ1n) is 9.52. The van der Waals surface area contributed by atoms with Crippen LogP contribution in [0.15, 0.2) is 46.9 Å². The summed E-state index contributed by atoms with van der Waals surface area (Å²) in [5.41, 5.74) is 4.39. The van der Waals surface area contributed by atoms with E-state index >= 15 is 0 Å².